The van der Waals surface area contributed by atoms with E-state index in [1.807, 2.05) is 24.5 Å². The number of carbonyl (C=O) groups excluding carboxylic acids is 2. The number of nitrogens with zero attached hydrogens (tertiary/aromatic N) is 4. The van der Waals surface area contributed by atoms with Crippen LogP contribution in [0.4, 0.5) is 0 Å². The highest BCUT2D eigenvalue weighted by Crippen LogP contribution is 2.33. The molecule has 8 heteroatoms. The van der Waals surface area contributed by atoms with E-state index in [-0.39, 0.29) is 17.9 Å². The van der Waals surface area contributed by atoms with E-state index in [0.29, 0.717) is 24.7 Å². The van der Waals surface area contributed by atoms with Gasteiger partial charge in [0.15, 0.2) is 5.16 Å². The SMILES string of the molecule is CSc1nnc(CCCNC(=O)C2CCCN2C(=O)c2ccccc2)n1C1CCCC1. The molecule has 1 aromatic carbocycles. The van der Waals surface area contributed by atoms with Crippen LogP contribution in [-0.4, -0.2) is 56.9 Å². The number of benzene rings is 1. The maximum atomic E-state index is 12.8. The minimum Gasteiger partial charge on any atom is -0.354 e. The summed E-state index contributed by atoms with van der Waals surface area (Å²) in [4.78, 5) is 27.3. The second-order valence-electron chi connectivity index (χ2n) is 8.33. The van der Waals surface area contributed by atoms with Crippen LogP contribution in [0.5, 0.6) is 0 Å². The quantitative estimate of drug-likeness (QED) is 0.501. The molecule has 166 valence electrons. The fourth-order valence-electron chi connectivity index (χ4n) is 4.75. The average molecular weight is 442 g/mol. The fraction of sp³-hybridized carbons (Fsp3) is 0.565. The first kappa shape index (κ1) is 21.9. The molecule has 0 spiro atoms. The maximum Gasteiger partial charge on any atom is 0.254 e. The highest BCUT2D eigenvalue weighted by molar-refractivity contribution is 7.98. The van der Waals surface area contributed by atoms with Gasteiger partial charge in [0.2, 0.25) is 5.91 Å². The van der Waals surface area contributed by atoms with Crippen LogP contribution in [0, 0.1) is 0 Å². The lowest BCUT2D eigenvalue weighted by molar-refractivity contribution is -0.124. The number of thioether (sulfide) groups is 1. The Morgan fingerprint density at radius 1 is 1.10 bits per heavy atom. The molecule has 2 aromatic rings. The van der Waals surface area contributed by atoms with Crippen molar-refractivity contribution in [3.8, 4) is 0 Å². The molecule has 1 saturated heterocycles. The van der Waals surface area contributed by atoms with E-state index in [2.05, 4.69) is 20.1 Å². The van der Waals surface area contributed by atoms with Crippen LogP contribution < -0.4 is 5.32 Å². The van der Waals surface area contributed by atoms with E-state index < -0.39 is 0 Å². The molecule has 7 nitrogen and oxygen atoms in total. The third-order valence-electron chi connectivity index (χ3n) is 6.32. The zero-order valence-corrected chi connectivity index (χ0v) is 18.9. The minimum absolute atomic E-state index is 0.0520. The summed E-state index contributed by atoms with van der Waals surface area (Å²) in [6.07, 6.45) is 10.2. The standard InChI is InChI=1S/C23H31N5O2S/c1-31-23-26-25-20(28(23)18-11-5-6-12-18)14-7-15-24-21(29)19-13-8-16-27(19)22(30)17-9-3-2-4-10-17/h2-4,9-10,18-19H,5-8,11-16H2,1H3,(H,24,29). The van der Waals surface area contributed by atoms with E-state index >= 15 is 0 Å². The van der Waals surface area contributed by atoms with Crippen molar-refractivity contribution in [2.75, 3.05) is 19.3 Å². The summed E-state index contributed by atoms with van der Waals surface area (Å²) in [6, 6.07) is 9.34. The van der Waals surface area contributed by atoms with E-state index in [9.17, 15) is 9.59 Å². The van der Waals surface area contributed by atoms with Crippen molar-refractivity contribution >= 4 is 23.6 Å². The predicted molar refractivity (Wildman–Crippen MR) is 121 cm³/mol. The zero-order valence-electron chi connectivity index (χ0n) is 18.1. The van der Waals surface area contributed by atoms with Gasteiger partial charge in [0, 0.05) is 31.1 Å². The molecule has 2 aliphatic rings. The summed E-state index contributed by atoms with van der Waals surface area (Å²) in [5.74, 6) is 0.906. The van der Waals surface area contributed by atoms with Gasteiger partial charge >= 0.3 is 0 Å². The summed E-state index contributed by atoms with van der Waals surface area (Å²) >= 11 is 1.65. The number of nitrogens with one attached hydrogen (secondary N) is 1. The van der Waals surface area contributed by atoms with Gasteiger partial charge in [-0.2, -0.15) is 0 Å². The smallest absolute Gasteiger partial charge is 0.254 e. The number of likely N-dealkylation sites (tertiary alicyclic amines) is 1. The number of aryl methyl sites for hydroxylation is 1. The number of amides is 2. The van der Waals surface area contributed by atoms with Gasteiger partial charge in [-0.05, 0) is 50.5 Å². The first-order valence-electron chi connectivity index (χ1n) is 11.3. The Hall–Kier alpha value is -2.35. The molecular formula is C23H31N5O2S. The second kappa shape index (κ2) is 10.3. The topological polar surface area (TPSA) is 80.1 Å². The van der Waals surface area contributed by atoms with E-state index in [0.717, 1.165) is 36.7 Å². The molecule has 1 aromatic heterocycles. The number of aromatic nitrogens is 3. The number of carbonyl (C=O) groups is 2. The summed E-state index contributed by atoms with van der Waals surface area (Å²) in [7, 11) is 0. The molecule has 1 aliphatic heterocycles. The number of hydrogen-bond donors (Lipinski definition) is 1. The first-order valence-corrected chi connectivity index (χ1v) is 12.5. The predicted octanol–water partition coefficient (Wildman–Crippen LogP) is 3.47. The molecule has 1 N–H and O–H groups in total. The Labute approximate surface area is 188 Å². The van der Waals surface area contributed by atoms with Gasteiger partial charge in [-0.15, -0.1) is 10.2 Å². The van der Waals surface area contributed by atoms with Gasteiger partial charge < -0.3 is 14.8 Å². The van der Waals surface area contributed by atoms with Crippen molar-refractivity contribution in [1.29, 1.82) is 0 Å². The van der Waals surface area contributed by atoms with E-state index in [1.54, 1.807) is 28.8 Å². The molecule has 0 radical (unpaired) electrons. The van der Waals surface area contributed by atoms with Crippen LogP contribution in [0.2, 0.25) is 0 Å². The van der Waals surface area contributed by atoms with Crippen LogP contribution in [0.15, 0.2) is 35.5 Å². The lowest BCUT2D eigenvalue weighted by Crippen LogP contribution is -2.46. The Kier molecular flexibility index (Phi) is 7.27. The minimum atomic E-state index is -0.377. The second-order valence-corrected chi connectivity index (χ2v) is 9.10. The van der Waals surface area contributed by atoms with E-state index in [4.69, 9.17) is 0 Å². The Morgan fingerprint density at radius 3 is 2.61 bits per heavy atom. The summed E-state index contributed by atoms with van der Waals surface area (Å²) in [5, 5.41) is 12.8. The average Bonchev–Trinajstić information content (AvgIpc) is 3.56. The zero-order chi connectivity index (χ0) is 21.6. The van der Waals surface area contributed by atoms with Crippen molar-refractivity contribution in [3.05, 3.63) is 41.7 Å². The van der Waals surface area contributed by atoms with Gasteiger partial charge in [0.25, 0.3) is 5.91 Å². The van der Waals surface area contributed by atoms with Crippen molar-refractivity contribution in [1.82, 2.24) is 25.0 Å². The molecule has 1 unspecified atom stereocenters. The van der Waals surface area contributed by atoms with E-state index in [1.165, 1.54) is 25.7 Å². The molecule has 1 aliphatic carbocycles. The lowest BCUT2D eigenvalue weighted by atomic mass is 10.1. The van der Waals surface area contributed by atoms with Gasteiger partial charge in [-0.3, -0.25) is 9.59 Å². The van der Waals surface area contributed by atoms with Gasteiger partial charge in [-0.1, -0.05) is 42.8 Å². The largest absolute Gasteiger partial charge is 0.354 e. The summed E-state index contributed by atoms with van der Waals surface area (Å²) < 4.78 is 2.32. The highest BCUT2D eigenvalue weighted by atomic mass is 32.2. The molecule has 2 fully saturated rings. The van der Waals surface area contributed by atoms with Crippen LogP contribution in [0.3, 0.4) is 0 Å². The van der Waals surface area contributed by atoms with Crippen molar-refractivity contribution in [3.63, 3.8) is 0 Å². The van der Waals surface area contributed by atoms with Crippen molar-refractivity contribution < 1.29 is 9.59 Å². The van der Waals surface area contributed by atoms with Gasteiger partial charge in [0.05, 0.1) is 0 Å². The van der Waals surface area contributed by atoms with Crippen LogP contribution in [0.25, 0.3) is 0 Å². The normalized spacial score (nSPS) is 19.1. The first-order chi connectivity index (χ1) is 15.2. The van der Waals surface area contributed by atoms with Crippen LogP contribution in [0.1, 0.15) is 67.2 Å². The molecule has 1 saturated carbocycles. The molecule has 0 bridgehead atoms. The Balaban J connectivity index is 1.30. The van der Waals surface area contributed by atoms with Crippen molar-refractivity contribution in [2.24, 2.45) is 0 Å². The van der Waals surface area contributed by atoms with Gasteiger partial charge in [0.1, 0.15) is 11.9 Å². The fourth-order valence-corrected chi connectivity index (χ4v) is 5.32. The van der Waals surface area contributed by atoms with Crippen LogP contribution in [-0.2, 0) is 11.2 Å². The Morgan fingerprint density at radius 2 is 1.87 bits per heavy atom. The van der Waals surface area contributed by atoms with Crippen LogP contribution >= 0.6 is 11.8 Å². The lowest BCUT2D eigenvalue weighted by Gasteiger charge is -2.24. The molecule has 4 rings (SSSR count). The summed E-state index contributed by atoms with van der Waals surface area (Å²) in [6.45, 7) is 1.21. The molecule has 2 heterocycles. The van der Waals surface area contributed by atoms with Crippen molar-refractivity contribution in [2.45, 2.75) is 68.6 Å². The number of hydrogen-bond acceptors (Lipinski definition) is 5. The monoisotopic (exact) mass is 441 g/mol. The van der Waals surface area contributed by atoms with Gasteiger partial charge in [-0.25, -0.2) is 0 Å². The molecule has 1 atom stereocenters. The molecule has 2 amide bonds. The Bertz CT molecular complexity index is 895. The third-order valence-corrected chi connectivity index (χ3v) is 6.96. The third kappa shape index (κ3) is 4.95. The molecular weight excluding hydrogens is 410 g/mol. The maximum absolute atomic E-state index is 12.8. The molecule has 31 heavy (non-hydrogen) atoms. The summed E-state index contributed by atoms with van der Waals surface area (Å²) in [5.41, 5.74) is 0.637. The highest BCUT2D eigenvalue weighted by Gasteiger charge is 2.34. The number of rotatable bonds is 8.